The molecule has 0 aromatic heterocycles. The fourth-order valence-electron chi connectivity index (χ4n) is 3.45. The summed E-state index contributed by atoms with van der Waals surface area (Å²) < 4.78 is 5.22. The van der Waals surface area contributed by atoms with Gasteiger partial charge in [-0.15, -0.1) is 0 Å². The van der Waals surface area contributed by atoms with E-state index in [0.717, 1.165) is 17.3 Å². The fourth-order valence-corrected chi connectivity index (χ4v) is 3.45. The van der Waals surface area contributed by atoms with E-state index in [9.17, 15) is 9.59 Å². The molecule has 2 amide bonds. The van der Waals surface area contributed by atoms with Crippen LogP contribution < -0.4 is 21.1 Å². The maximum absolute atomic E-state index is 13.2. The monoisotopic (exact) mass is 444 g/mol. The van der Waals surface area contributed by atoms with Gasteiger partial charge in [0.2, 0.25) is 11.8 Å². The number of methoxy groups -OCH3 is 1. The summed E-state index contributed by atoms with van der Waals surface area (Å²) in [6, 6.07) is 21.9. The average Bonchev–Trinajstić information content (AvgIpc) is 2.85. The van der Waals surface area contributed by atoms with Crippen LogP contribution >= 0.6 is 0 Å². The highest BCUT2D eigenvalue weighted by atomic mass is 16.5. The van der Waals surface area contributed by atoms with E-state index in [1.807, 2.05) is 42.5 Å². The Morgan fingerprint density at radius 2 is 1.79 bits per heavy atom. The zero-order valence-electron chi connectivity index (χ0n) is 18.5. The SMILES string of the molecule is COc1ccc(C(CCC(=O)NCc2ccccc2)C(=O)Nc2ccc(N)c(C=N)c2)cc1. The number of nitrogens with one attached hydrogen (secondary N) is 3. The van der Waals surface area contributed by atoms with Crippen molar-refractivity contribution in [2.75, 3.05) is 18.2 Å². The van der Waals surface area contributed by atoms with E-state index >= 15 is 0 Å². The third-order valence-corrected chi connectivity index (χ3v) is 5.34. The quantitative estimate of drug-likeness (QED) is 0.278. The van der Waals surface area contributed by atoms with Gasteiger partial charge in [0, 0.05) is 36.1 Å². The van der Waals surface area contributed by atoms with E-state index in [0.29, 0.717) is 35.7 Å². The lowest BCUT2D eigenvalue weighted by atomic mass is 9.92. The van der Waals surface area contributed by atoms with Gasteiger partial charge in [0.1, 0.15) is 5.75 Å². The first-order valence-corrected chi connectivity index (χ1v) is 10.7. The first kappa shape index (κ1) is 23.5. The number of rotatable bonds is 10. The lowest BCUT2D eigenvalue weighted by Crippen LogP contribution is -2.26. The summed E-state index contributed by atoms with van der Waals surface area (Å²) in [6.07, 6.45) is 1.68. The van der Waals surface area contributed by atoms with Gasteiger partial charge in [0.05, 0.1) is 13.0 Å². The Morgan fingerprint density at radius 1 is 1.06 bits per heavy atom. The van der Waals surface area contributed by atoms with Crippen molar-refractivity contribution < 1.29 is 14.3 Å². The average molecular weight is 445 g/mol. The molecule has 5 N–H and O–H groups in total. The van der Waals surface area contributed by atoms with Crippen LogP contribution in [0.1, 0.15) is 35.4 Å². The molecular formula is C26H28N4O3. The number of amides is 2. The minimum Gasteiger partial charge on any atom is -0.497 e. The van der Waals surface area contributed by atoms with Gasteiger partial charge in [-0.25, -0.2) is 0 Å². The molecule has 33 heavy (non-hydrogen) atoms. The topological polar surface area (TPSA) is 117 Å². The van der Waals surface area contributed by atoms with Crippen molar-refractivity contribution >= 4 is 29.4 Å². The molecule has 0 bridgehead atoms. The second kappa shape index (κ2) is 11.5. The molecular weight excluding hydrogens is 416 g/mol. The van der Waals surface area contributed by atoms with Crippen LogP contribution in [0.3, 0.4) is 0 Å². The first-order valence-electron chi connectivity index (χ1n) is 10.7. The Labute approximate surface area is 193 Å². The summed E-state index contributed by atoms with van der Waals surface area (Å²) in [4.78, 5) is 25.6. The molecule has 170 valence electrons. The Kier molecular flexibility index (Phi) is 8.18. The minimum absolute atomic E-state index is 0.122. The van der Waals surface area contributed by atoms with E-state index in [2.05, 4.69) is 10.6 Å². The number of carbonyl (C=O) groups is 2. The number of hydrogen-bond donors (Lipinski definition) is 4. The number of anilines is 2. The second-order valence-corrected chi connectivity index (χ2v) is 7.60. The molecule has 0 saturated heterocycles. The van der Waals surface area contributed by atoms with Gasteiger partial charge < -0.3 is 26.5 Å². The zero-order valence-corrected chi connectivity index (χ0v) is 18.5. The standard InChI is InChI=1S/C26H28N4O3/c1-33-22-10-7-19(8-11-22)23(12-14-25(31)29-17-18-5-3-2-4-6-18)26(32)30-21-9-13-24(28)20(15-21)16-27/h2-11,13,15-16,23,27H,12,14,17,28H2,1H3,(H,29,31)(H,30,32). The molecule has 0 aliphatic carbocycles. The molecule has 3 rings (SSSR count). The van der Waals surface area contributed by atoms with Crippen molar-refractivity contribution in [3.63, 3.8) is 0 Å². The van der Waals surface area contributed by atoms with Gasteiger partial charge in [-0.05, 0) is 47.9 Å². The highest BCUT2D eigenvalue weighted by Gasteiger charge is 2.22. The minimum atomic E-state index is -0.542. The fraction of sp³-hybridized carbons (Fsp3) is 0.192. The largest absolute Gasteiger partial charge is 0.497 e. The Balaban J connectivity index is 1.70. The van der Waals surface area contributed by atoms with Crippen LogP contribution in [0, 0.1) is 5.41 Å². The second-order valence-electron chi connectivity index (χ2n) is 7.60. The number of carbonyl (C=O) groups excluding carboxylic acids is 2. The van der Waals surface area contributed by atoms with Crippen LogP contribution in [0.5, 0.6) is 5.75 Å². The van der Waals surface area contributed by atoms with Crippen LogP contribution in [0.2, 0.25) is 0 Å². The zero-order chi connectivity index (χ0) is 23.6. The number of nitrogens with two attached hydrogens (primary N) is 1. The summed E-state index contributed by atoms with van der Waals surface area (Å²) in [7, 11) is 1.58. The van der Waals surface area contributed by atoms with E-state index in [-0.39, 0.29) is 18.2 Å². The highest BCUT2D eigenvalue weighted by molar-refractivity contribution is 5.97. The smallest absolute Gasteiger partial charge is 0.231 e. The van der Waals surface area contributed by atoms with Crippen LogP contribution in [0.15, 0.2) is 72.8 Å². The lowest BCUT2D eigenvalue weighted by molar-refractivity contribution is -0.121. The number of hydrogen-bond acceptors (Lipinski definition) is 5. The van der Waals surface area contributed by atoms with Crippen molar-refractivity contribution in [2.45, 2.75) is 25.3 Å². The molecule has 3 aromatic rings. The van der Waals surface area contributed by atoms with E-state index in [1.165, 1.54) is 0 Å². The van der Waals surface area contributed by atoms with Crippen molar-refractivity contribution in [3.05, 3.63) is 89.5 Å². The first-order chi connectivity index (χ1) is 16.0. The van der Waals surface area contributed by atoms with Gasteiger partial charge in [0.25, 0.3) is 0 Å². The molecule has 1 unspecified atom stereocenters. The third-order valence-electron chi connectivity index (χ3n) is 5.34. The molecule has 0 radical (unpaired) electrons. The molecule has 0 spiro atoms. The van der Waals surface area contributed by atoms with Crippen molar-refractivity contribution in [1.29, 1.82) is 5.41 Å². The molecule has 0 aliphatic heterocycles. The van der Waals surface area contributed by atoms with Crippen molar-refractivity contribution in [3.8, 4) is 5.75 Å². The molecule has 3 aromatic carbocycles. The normalized spacial score (nSPS) is 11.3. The highest BCUT2D eigenvalue weighted by Crippen LogP contribution is 2.26. The Hall–Kier alpha value is -4.13. The number of ether oxygens (including phenoxy) is 1. The van der Waals surface area contributed by atoms with Crippen LogP contribution in [0.4, 0.5) is 11.4 Å². The molecule has 0 saturated carbocycles. The van der Waals surface area contributed by atoms with Crippen LogP contribution in [-0.4, -0.2) is 25.1 Å². The van der Waals surface area contributed by atoms with Gasteiger partial charge in [0.15, 0.2) is 0 Å². The van der Waals surface area contributed by atoms with Crippen LogP contribution in [-0.2, 0) is 16.1 Å². The molecule has 0 fully saturated rings. The lowest BCUT2D eigenvalue weighted by Gasteiger charge is -2.18. The number of nitrogen functional groups attached to an aromatic ring is 1. The molecule has 7 nitrogen and oxygen atoms in total. The molecule has 0 aliphatic rings. The van der Waals surface area contributed by atoms with E-state index < -0.39 is 5.92 Å². The summed E-state index contributed by atoms with van der Waals surface area (Å²) >= 11 is 0. The van der Waals surface area contributed by atoms with Gasteiger partial charge >= 0.3 is 0 Å². The number of benzene rings is 3. The predicted octanol–water partition coefficient (Wildman–Crippen LogP) is 4.09. The van der Waals surface area contributed by atoms with Crippen molar-refractivity contribution in [2.24, 2.45) is 0 Å². The summed E-state index contributed by atoms with van der Waals surface area (Å²) in [6.45, 7) is 0.441. The summed E-state index contributed by atoms with van der Waals surface area (Å²) in [5.41, 5.74) is 9.17. The van der Waals surface area contributed by atoms with Crippen molar-refractivity contribution in [1.82, 2.24) is 5.32 Å². The van der Waals surface area contributed by atoms with E-state index in [4.69, 9.17) is 15.9 Å². The molecule has 0 heterocycles. The van der Waals surface area contributed by atoms with Gasteiger partial charge in [-0.2, -0.15) is 0 Å². The molecule has 7 heteroatoms. The maximum atomic E-state index is 13.2. The van der Waals surface area contributed by atoms with Crippen LogP contribution in [0.25, 0.3) is 0 Å². The predicted molar refractivity (Wildman–Crippen MR) is 131 cm³/mol. The van der Waals surface area contributed by atoms with Gasteiger partial charge in [-0.3, -0.25) is 9.59 Å². The van der Waals surface area contributed by atoms with Gasteiger partial charge in [-0.1, -0.05) is 42.5 Å². The Morgan fingerprint density at radius 3 is 2.45 bits per heavy atom. The Bertz CT molecular complexity index is 1100. The van der Waals surface area contributed by atoms with E-state index in [1.54, 1.807) is 37.4 Å². The summed E-state index contributed by atoms with van der Waals surface area (Å²) in [5, 5.41) is 13.3. The third kappa shape index (κ3) is 6.67. The molecule has 1 atom stereocenters. The summed E-state index contributed by atoms with van der Waals surface area (Å²) in [5.74, 6) is -0.215. The maximum Gasteiger partial charge on any atom is 0.231 e.